The molecule has 0 amide bonds. The van der Waals surface area contributed by atoms with Gasteiger partial charge in [-0.05, 0) is 50.7 Å². The molecule has 0 atom stereocenters. The summed E-state index contributed by atoms with van der Waals surface area (Å²) in [5.74, 6) is 0.885. The van der Waals surface area contributed by atoms with Crippen molar-refractivity contribution in [1.29, 1.82) is 0 Å². The first-order chi connectivity index (χ1) is 9.72. The van der Waals surface area contributed by atoms with E-state index in [1.807, 2.05) is 6.07 Å². The zero-order valence-corrected chi connectivity index (χ0v) is 12.8. The summed E-state index contributed by atoms with van der Waals surface area (Å²) in [5, 5.41) is 0. The van der Waals surface area contributed by atoms with Crippen LogP contribution in [0.25, 0.3) is 0 Å². The molecule has 0 radical (unpaired) electrons. The maximum Gasteiger partial charge on any atom is 0.123 e. The molecular weight excluding hydrogens is 250 g/mol. The minimum atomic E-state index is 0.522. The molecule has 1 saturated heterocycles. The van der Waals surface area contributed by atoms with Gasteiger partial charge in [-0.2, -0.15) is 0 Å². The summed E-state index contributed by atoms with van der Waals surface area (Å²) in [4.78, 5) is 4.93. The summed E-state index contributed by atoms with van der Waals surface area (Å²) in [5.41, 5.74) is 8.15. The second-order valence-corrected chi connectivity index (χ2v) is 5.64. The fraction of sp³-hybridized carbons (Fsp3) is 0.625. The molecular formula is C16H27N3O. The minimum Gasteiger partial charge on any atom is -0.496 e. The van der Waals surface area contributed by atoms with E-state index in [1.54, 1.807) is 7.11 Å². The molecule has 0 bridgehead atoms. The molecule has 1 fully saturated rings. The van der Waals surface area contributed by atoms with Crippen LogP contribution in [0.2, 0.25) is 0 Å². The van der Waals surface area contributed by atoms with Crippen LogP contribution < -0.4 is 10.5 Å². The third-order valence-corrected chi connectivity index (χ3v) is 4.01. The number of nitrogens with zero attached hydrogens (tertiary/aromatic N) is 2. The molecule has 1 heterocycles. The lowest BCUT2D eigenvalue weighted by atomic mass is 10.1. The van der Waals surface area contributed by atoms with Gasteiger partial charge in [0.1, 0.15) is 5.75 Å². The van der Waals surface area contributed by atoms with Crippen LogP contribution in [0.15, 0.2) is 18.2 Å². The Labute approximate surface area is 122 Å². The lowest BCUT2D eigenvalue weighted by Gasteiger charge is -2.21. The van der Waals surface area contributed by atoms with E-state index in [2.05, 4.69) is 29.0 Å². The van der Waals surface area contributed by atoms with Crippen LogP contribution >= 0.6 is 0 Å². The normalized spacial score (nSPS) is 16.0. The maximum absolute atomic E-state index is 5.77. The monoisotopic (exact) mass is 277 g/mol. The number of hydrogen-bond donors (Lipinski definition) is 1. The zero-order valence-electron chi connectivity index (χ0n) is 12.8. The average Bonchev–Trinajstić information content (AvgIpc) is 2.98. The van der Waals surface area contributed by atoms with Crippen molar-refractivity contribution in [1.82, 2.24) is 9.80 Å². The molecule has 0 aromatic heterocycles. The lowest BCUT2D eigenvalue weighted by molar-refractivity contribution is 0.252. The molecule has 1 aromatic rings. The molecule has 0 aliphatic carbocycles. The Morgan fingerprint density at radius 1 is 1.30 bits per heavy atom. The van der Waals surface area contributed by atoms with Crippen LogP contribution in [0.5, 0.6) is 5.75 Å². The maximum atomic E-state index is 5.77. The van der Waals surface area contributed by atoms with Crippen molar-refractivity contribution in [3.8, 4) is 5.75 Å². The smallest absolute Gasteiger partial charge is 0.123 e. The standard InChI is InChI=1S/C16H27N3O/c1-18(9-10-19-7-3-4-8-19)13-14-5-6-16(20-2)15(11-14)12-17/h5-6,11H,3-4,7-10,12-13,17H2,1-2H3. The van der Waals surface area contributed by atoms with Gasteiger partial charge in [0.05, 0.1) is 7.11 Å². The summed E-state index contributed by atoms with van der Waals surface area (Å²) in [6.45, 7) is 6.32. The third kappa shape index (κ3) is 4.20. The molecule has 1 aromatic carbocycles. The second-order valence-electron chi connectivity index (χ2n) is 5.64. The van der Waals surface area contributed by atoms with Crippen molar-refractivity contribution in [2.45, 2.75) is 25.9 Å². The van der Waals surface area contributed by atoms with Crippen molar-refractivity contribution in [3.63, 3.8) is 0 Å². The number of benzene rings is 1. The number of likely N-dealkylation sites (tertiary alicyclic amines) is 1. The minimum absolute atomic E-state index is 0.522. The molecule has 4 nitrogen and oxygen atoms in total. The predicted molar refractivity (Wildman–Crippen MR) is 82.9 cm³/mol. The average molecular weight is 277 g/mol. The van der Waals surface area contributed by atoms with E-state index >= 15 is 0 Å². The number of ether oxygens (including phenoxy) is 1. The van der Waals surface area contributed by atoms with E-state index in [1.165, 1.54) is 38.0 Å². The number of methoxy groups -OCH3 is 1. The van der Waals surface area contributed by atoms with E-state index in [0.29, 0.717) is 6.54 Å². The summed E-state index contributed by atoms with van der Waals surface area (Å²) in [6, 6.07) is 6.31. The Morgan fingerprint density at radius 3 is 2.70 bits per heavy atom. The van der Waals surface area contributed by atoms with Gasteiger partial charge in [-0.15, -0.1) is 0 Å². The summed E-state index contributed by atoms with van der Waals surface area (Å²) in [6.07, 6.45) is 2.73. The van der Waals surface area contributed by atoms with Crippen molar-refractivity contribution < 1.29 is 4.74 Å². The van der Waals surface area contributed by atoms with Crippen LogP contribution in [0.1, 0.15) is 24.0 Å². The molecule has 1 aliphatic rings. The molecule has 0 unspecified atom stereocenters. The van der Waals surface area contributed by atoms with Gasteiger partial charge in [-0.1, -0.05) is 6.07 Å². The van der Waals surface area contributed by atoms with Gasteiger partial charge in [0.25, 0.3) is 0 Å². The Hall–Kier alpha value is -1.10. The SMILES string of the molecule is COc1ccc(CN(C)CCN2CCCC2)cc1CN. The van der Waals surface area contributed by atoms with E-state index in [0.717, 1.165) is 24.4 Å². The van der Waals surface area contributed by atoms with Crippen LogP contribution in [0, 0.1) is 0 Å². The van der Waals surface area contributed by atoms with E-state index in [4.69, 9.17) is 10.5 Å². The molecule has 2 N–H and O–H groups in total. The van der Waals surface area contributed by atoms with Crippen molar-refractivity contribution in [2.24, 2.45) is 5.73 Å². The molecule has 20 heavy (non-hydrogen) atoms. The highest BCUT2D eigenvalue weighted by molar-refractivity contribution is 5.37. The topological polar surface area (TPSA) is 41.7 Å². The third-order valence-electron chi connectivity index (χ3n) is 4.01. The number of likely N-dealkylation sites (N-methyl/N-ethyl adjacent to an activating group) is 1. The molecule has 112 valence electrons. The Kier molecular flexibility index (Phi) is 5.83. The first-order valence-electron chi connectivity index (χ1n) is 7.49. The Balaban J connectivity index is 1.85. The Bertz CT molecular complexity index is 416. The van der Waals surface area contributed by atoms with Crippen molar-refractivity contribution in [3.05, 3.63) is 29.3 Å². The van der Waals surface area contributed by atoms with Gasteiger partial charge in [0, 0.05) is 31.7 Å². The van der Waals surface area contributed by atoms with Gasteiger partial charge in [0.2, 0.25) is 0 Å². The quantitative estimate of drug-likeness (QED) is 0.823. The highest BCUT2D eigenvalue weighted by atomic mass is 16.5. The predicted octanol–water partition coefficient (Wildman–Crippen LogP) is 1.68. The molecule has 0 spiro atoms. The van der Waals surface area contributed by atoms with E-state index in [9.17, 15) is 0 Å². The van der Waals surface area contributed by atoms with Crippen molar-refractivity contribution in [2.75, 3.05) is 40.3 Å². The van der Waals surface area contributed by atoms with Crippen LogP contribution in [0.4, 0.5) is 0 Å². The van der Waals surface area contributed by atoms with Crippen LogP contribution in [-0.4, -0.2) is 50.1 Å². The van der Waals surface area contributed by atoms with Crippen LogP contribution in [0.3, 0.4) is 0 Å². The van der Waals surface area contributed by atoms with Gasteiger partial charge < -0.3 is 20.3 Å². The largest absolute Gasteiger partial charge is 0.496 e. The lowest BCUT2D eigenvalue weighted by Crippen LogP contribution is -2.31. The van der Waals surface area contributed by atoms with Crippen LogP contribution in [-0.2, 0) is 13.1 Å². The Morgan fingerprint density at radius 2 is 2.05 bits per heavy atom. The first kappa shape index (κ1) is 15.3. The fourth-order valence-corrected chi connectivity index (χ4v) is 2.80. The number of rotatable bonds is 7. The molecule has 0 saturated carbocycles. The van der Waals surface area contributed by atoms with E-state index < -0.39 is 0 Å². The summed E-state index contributed by atoms with van der Waals surface area (Å²) >= 11 is 0. The molecule has 2 rings (SSSR count). The summed E-state index contributed by atoms with van der Waals surface area (Å²) < 4.78 is 5.31. The fourth-order valence-electron chi connectivity index (χ4n) is 2.80. The highest BCUT2D eigenvalue weighted by Gasteiger charge is 2.12. The van der Waals surface area contributed by atoms with Gasteiger partial charge >= 0.3 is 0 Å². The highest BCUT2D eigenvalue weighted by Crippen LogP contribution is 2.20. The molecule has 1 aliphatic heterocycles. The van der Waals surface area contributed by atoms with Gasteiger partial charge in [0.15, 0.2) is 0 Å². The van der Waals surface area contributed by atoms with Crippen molar-refractivity contribution >= 4 is 0 Å². The number of nitrogens with two attached hydrogens (primary N) is 1. The zero-order chi connectivity index (χ0) is 14.4. The van der Waals surface area contributed by atoms with E-state index in [-0.39, 0.29) is 0 Å². The molecule has 4 heteroatoms. The summed E-state index contributed by atoms with van der Waals surface area (Å²) in [7, 11) is 3.87. The van der Waals surface area contributed by atoms with Gasteiger partial charge in [-0.3, -0.25) is 0 Å². The first-order valence-corrected chi connectivity index (χ1v) is 7.49. The van der Waals surface area contributed by atoms with Gasteiger partial charge in [-0.25, -0.2) is 0 Å². The number of hydrogen-bond acceptors (Lipinski definition) is 4. The second kappa shape index (κ2) is 7.62.